The maximum absolute atomic E-state index is 11.9. The Morgan fingerprint density at radius 3 is 2.65 bits per heavy atom. The number of amides is 1. The van der Waals surface area contributed by atoms with Gasteiger partial charge in [0.1, 0.15) is 0 Å². The lowest BCUT2D eigenvalue weighted by molar-refractivity contribution is -0.115. The maximum atomic E-state index is 11.9. The van der Waals surface area contributed by atoms with Gasteiger partial charge in [0, 0.05) is 16.2 Å². The van der Waals surface area contributed by atoms with Crippen LogP contribution in [0.1, 0.15) is 11.3 Å². The van der Waals surface area contributed by atoms with Gasteiger partial charge in [-0.15, -0.1) is 0 Å². The Morgan fingerprint density at radius 1 is 1.25 bits per heavy atom. The molecule has 1 amide bonds. The molecule has 7 heteroatoms. The molecular formula is C13H12BrN3O3. The molecule has 104 valence electrons. The van der Waals surface area contributed by atoms with E-state index in [2.05, 4.69) is 26.2 Å². The van der Waals surface area contributed by atoms with E-state index in [1.807, 2.05) is 24.0 Å². The van der Waals surface area contributed by atoms with Gasteiger partial charge in [-0.25, -0.2) is 4.79 Å². The van der Waals surface area contributed by atoms with Crippen molar-refractivity contribution in [1.29, 1.82) is 0 Å². The fourth-order valence-electron chi connectivity index (χ4n) is 1.70. The molecule has 3 N–H and O–H groups in total. The monoisotopic (exact) mass is 337 g/mol. The zero-order valence-electron chi connectivity index (χ0n) is 10.6. The molecule has 6 nitrogen and oxygen atoms in total. The number of aryl methyl sites for hydroxylation is 1. The number of aromatic nitrogens is 2. The SMILES string of the molecule is Cc1ccc(NC(=O)Cc2cc(=O)[nH]c(=O)[nH]2)c(Br)c1. The molecule has 0 aliphatic heterocycles. The van der Waals surface area contributed by atoms with Gasteiger partial charge in [0.15, 0.2) is 0 Å². The van der Waals surface area contributed by atoms with Crippen molar-refractivity contribution >= 4 is 27.5 Å². The van der Waals surface area contributed by atoms with E-state index in [0.29, 0.717) is 5.69 Å². The van der Waals surface area contributed by atoms with Gasteiger partial charge < -0.3 is 10.3 Å². The molecule has 0 radical (unpaired) electrons. The summed E-state index contributed by atoms with van der Waals surface area (Å²) in [5, 5.41) is 2.70. The number of carbonyl (C=O) groups excluding carboxylic acids is 1. The van der Waals surface area contributed by atoms with Crippen LogP contribution in [0, 0.1) is 6.92 Å². The summed E-state index contributed by atoms with van der Waals surface area (Å²) in [4.78, 5) is 38.5. The Bertz CT molecular complexity index is 736. The number of nitrogens with one attached hydrogen (secondary N) is 3. The zero-order chi connectivity index (χ0) is 14.7. The minimum absolute atomic E-state index is 0.0839. The third-order valence-electron chi connectivity index (χ3n) is 2.57. The Kier molecular flexibility index (Phi) is 4.19. The third kappa shape index (κ3) is 3.67. The minimum Gasteiger partial charge on any atom is -0.325 e. The number of benzene rings is 1. The fraction of sp³-hybridized carbons (Fsp3) is 0.154. The Balaban J connectivity index is 2.12. The first-order chi connectivity index (χ1) is 9.44. The summed E-state index contributed by atoms with van der Waals surface area (Å²) in [6.07, 6.45) is -0.0839. The van der Waals surface area contributed by atoms with E-state index in [9.17, 15) is 14.4 Å². The van der Waals surface area contributed by atoms with Crippen LogP contribution in [0.5, 0.6) is 0 Å². The smallest absolute Gasteiger partial charge is 0.325 e. The third-order valence-corrected chi connectivity index (χ3v) is 3.22. The summed E-state index contributed by atoms with van der Waals surface area (Å²) in [5.41, 5.74) is 0.797. The van der Waals surface area contributed by atoms with Crippen molar-refractivity contribution in [2.75, 3.05) is 5.32 Å². The molecule has 1 aromatic heterocycles. The molecule has 0 aliphatic rings. The molecule has 2 aromatic rings. The van der Waals surface area contributed by atoms with Gasteiger partial charge in [-0.1, -0.05) is 6.07 Å². The van der Waals surface area contributed by atoms with Crippen LogP contribution in [0.4, 0.5) is 5.69 Å². The van der Waals surface area contributed by atoms with Crippen molar-refractivity contribution in [2.45, 2.75) is 13.3 Å². The summed E-state index contributed by atoms with van der Waals surface area (Å²) in [6.45, 7) is 1.94. The number of H-pyrrole nitrogens is 2. The van der Waals surface area contributed by atoms with E-state index < -0.39 is 11.2 Å². The maximum Gasteiger partial charge on any atom is 0.325 e. The van der Waals surface area contributed by atoms with Gasteiger partial charge in [0.05, 0.1) is 12.1 Å². The standard InChI is InChI=1S/C13H12BrN3O3/c1-7-2-3-10(9(14)4-7)16-11(18)5-8-6-12(19)17-13(20)15-8/h2-4,6H,5H2,1H3,(H,16,18)(H2,15,17,19,20). The largest absolute Gasteiger partial charge is 0.325 e. The van der Waals surface area contributed by atoms with Crippen LogP contribution >= 0.6 is 15.9 Å². The second kappa shape index (κ2) is 5.87. The topological polar surface area (TPSA) is 94.8 Å². The lowest BCUT2D eigenvalue weighted by Crippen LogP contribution is -2.25. The number of anilines is 1. The highest BCUT2D eigenvalue weighted by atomic mass is 79.9. The highest BCUT2D eigenvalue weighted by Gasteiger charge is 2.08. The van der Waals surface area contributed by atoms with Gasteiger partial charge in [0.2, 0.25) is 5.91 Å². The number of carbonyl (C=O) groups is 1. The molecular weight excluding hydrogens is 326 g/mol. The summed E-state index contributed by atoms with van der Waals surface area (Å²) < 4.78 is 0.769. The van der Waals surface area contributed by atoms with Crippen molar-refractivity contribution in [2.24, 2.45) is 0 Å². The van der Waals surface area contributed by atoms with Crippen molar-refractivity contribution < 1.29 is 4.79 Å². The zero-order valence-corrected chi connectivity index (χ0v) is 12.2. The summed E-state index contributed by atoms with van der Waals surface area (Å²) >= 11 is 3.36. The lowest BCUT2D eigenvalue weighted by atomic mass is 10.2. The van der Waals surface area contributed by atoms with Gasteiger partial charge in [0.25, 0.3) is 5.56 Å². The molecule has 1 aromatic carbocycles. The number of hydrogen-bond acceptors (Lipinski definition) is 3. The highest BCUT2D eigenvalue weighted by Crippen LogP contribution is 2.23. The van der Waals surface area contributed by atoms with Crippen molar-refractivity contribution in [1.82, 2.24) is 9.97 Å². The predicted octanol–water partition coefficient (Wildman–Crippen LogP) is 1.32. The van der Waals surface area contributed by atoms with E-state index in [1.165, 1.54) is 6.07 Å². The number of halogens is 1. The molecule has 0 atom stereocenters. The van der Waals surface area contributed by atoms with Gasteiger partial charge in [-0.2, -0.15) is 0 Å². The van der Waals surface area contributed by atoms with Crippen molar-refractivity contribution in [3.63, 3.8) is 0 Å². The predicted molar refractivity (Wildman–Crippen MR) is 78.9 cm³/mol. The molecule has 0 spiro atoms. The second-order valence-electron chi connectivity index (χ2n) is 4.32. The van der Waals surface area contributed by atoms with Crippen LogP contribution in [-0.4, -0.2) is 15.9 Å². The molecule has 0 aliphatic carbocycles. The quantitative estimate of drug-likeness (QED) is 0.788. The minimum atomic E-state index is -0.628. The van der Waals surface area contributed by atoms with Gasteiger partial charge in [-0.05, 0) is 40.5 Å². The number of hydrogen-bond donors (Lipinski definition) is 3. The van der Waals surface area contributed by atoms with E-state index in [4.69, 9.17) is 0 Å². The van der Waals surface area contributed by atoms with Gasteiger partial charge in [-0.3, -0.25) is 14.6 Å². The van der Waals surface area contributed by atoms with Crippen LogP contribution < -0.4 is 16.6 Å². The number of rotatable bonds is 3. The van der Waals surface area contributed by atoms with Crippen LogP contribution in [-0.2, 0) is 11.2 Å². The Hall–Kier alpha value is -2.15. The molecule has 0 unspecified atom stereocenters. The molecule has 0 saturated heterocycles. The molecule has 0 saturated carbocycles. The van der Waals surface area contributed by atoms with Crippen LogP contribution in [0.2, 0.25) is 0 Å². The van der Waals surface area contributed by atoms with Crippen LogP contribution in [0.15, 0.2) is 38.3 Å². The lowest BCUT2D eigenvalue weighted by Gasteiger charge is -2.08. The van der Waals surface area contributed by atoms with E-state index in [-0.39, 0.29) is 18.0 Å². The number of aromatic amines is 2. The normalized spacial score (nSPS) is 10.3. The molecule has 0 fully saturated rings. The summed E-state index contributed by atoms with van der Waals surface area (Å²) in [7, 11) is 0. The first kappa shape index (κ1) is 14.3. The Labute approximate surface area is 122 Å². The second-order valence-corrected chi connectivity index (χ2v) is 5.18. The molecule has 0 bridgehead atoms. The van der Waals surface area contributed by atoms with E-state index in [1.54, 1.807) is 6.07 Å². The molecule has 20 heavy (non-hydrogen) atoms. The van der Waals surface area contributed by atoms with Gasteiger partial charge >= 0.3 is 5.69 Å². The fourth-order valence-corrected chi connectivity index (χ4v) is 2.30. The van der Waals surface area contributed by atoms with Crippen LogP contribution in [0.25, 0.3) is 0 Å². The molecule has 1 heterocycles. The first-order valence-electron chi connectivity index (χ1n) is 5.82. The first-order valence-corrected chi connectivity index (χ1v) is 6.62. The average molecular weight is 338 g/mol. The van der Waals surface area contributed by atoms with E-state index >= 15 is 0 Å². The average Bonchev–Trinajstić information content (AvgIpc) is 2.31. The Morgan fingerprint density at radius 2 is 2.00 bits per heavy atom. The van der Waals surface area contributed by atoms with Crippen molar-refractivity contribution in [3.8, 4) is 0 Å². The van der Waals surface area contributed by atoms with Crippen LogP contribution in [0.3, 0.4) is 0 Å². The summed E-state index contributed by atoms with van der Waals surface area (Å²) in [5.74, 6) is -0.323. The summed E-state index contributed by atoms with van der Waals surface area (Å²) in [6, 6.07) is 6.71. The highest BCUT2D eigenvalue weighted by molar-refractivity contribution is 9.10. The van der Waals surface area contributed by atoms with E-state index in [0.717, 1.165) is 10.0 Å². The van der Waals surface area contributed by atoms with Crippen molar-refractivity contribution in [3.05, 3.63) is 60.8 Å². The molecule has 2 rings (SSSR count).